The Bertz CT molecular complexity index is 494. The molecule has 0 saturated carbocycles. The molecular formula is C14H19BrN2O4. The van der Waals surface area contributed by atoms with Crippen LogP contribution in [0.2, 0.25) is 0 Å². The number of likely N-dealkylation sites (N-methyl/N-ethyl adjacent to an activating group) is 1. The van der Waals surface area contributed by atoms with Gasteiger partial charge in [0.15, 0.2) is 6.61 Å². The zero-order valence-electron chi connectivity index (χ0n) is 12.1. The van der Waals surface area contributed by atoms with Crippen LogP contribution in [-0.4, -0.2) is 67.1 Å². The molecule has 1 rings (SSSR count). The number of carboxylic acid groups (broad SMARTS) is 1. The fourth-order valence-corrected chi connectivity index (χ4v) is 1.95. The van der Waals surface area contributed by atoms with Gasteiger partial charge in [0.1, 0.15) is 12.3 Å². The molecule has 6 nitrogen and oxygen atoms in total. The summed E-state index contributed by atoms with van der Waals surface area (Å²) in [6, 6.07) is 7.13. The summed E-state index contributed by atoms with van der Waals surface area (Å²) in [7, 11) is 3.73. The SMILES string of the molecule is CN(C)CCN(CC(=O)O)C(=O)COc1cccc(Br)c1. The number of hydrogen-bond donors (Lipinski definition) is 1. The van der Waals surface area contributed by atoms with Crippen LogP contribution in [0, 0.1) is 0 Å². The first-order valence-corrected chi connectivity index (χ1v) is 7.20. The summed E-state index contributed by atoms with van der Waals surface area (Å²) < 4.78 is 6.24. The molecule has 0 fully saturated rings. The van der Waals surface area contributed by atoms with Gasteiger partial charge in [-0.2, -0.15) is 0 Å². The Balaban J connectivity index is 2.56. The Kier molecular flexibility index (Phi) is 7.18. The first-order valence-electron chi connectivity index (χ1n) is 6.41. The van der Waals surface area contributed by atoms with E-state index in [0.717, 1.165) is 4.47 Å². The lowest BCUT2D eigenvalue weighted by molar-refractivity contribution is -0.145. The molecule has 0 spiro atoms. The summed E-state index contributed by atoms with van der Waals surface area (Å²) in [4.78, 5) is 26.0. The van der Waals surface area contributed by atoms with Gasteiger partial charge >= 0.3 is 5.97 Å². The van der Waals surface area contributed by atoms with Crippen molar-refractivity contribution in [2.45, 2.75) is 0 Å². The fraction of sp³-hybridized carbons (Fsp3) is 0.429. The molecule has 21 heavy (non-hydrogen) atoms. The van der Waals surface area contributed by atoms with Crippen LogP contribution in [0.25, 0.3) is 0 Å². The van der Waals surface area contributed by atoms with Crippen molar-refractivity contribution in [3.8, 4) is 5.75 Å². The van der Waals surface area contributed by atoms with Crippen LogP contribution >= 0.6 is 15.9 Å². The summed E-state index contributed by atoms with van der Waals surface area (Å²) in [6.45, 7) is 0.432. The van der Waals surface area contributed by atoms with Crippen LogP contribution in [0.5, 0.6) is 5.75 Å². The average molecular weight is 359 g/mol. The molecule has 0 aliphatic rings. The van der Waals surface area contributed by atoms with Gasteiger partial charge in [0.05, 0.1) is 0 Å². The predicted octanol–water partition coefficient (Wildman–Crippen LogP) is 1.30. The maximum Gasteiger partial charge on any atom is 0.323 e. The third-order valence-electron chi connectivity index (χ3n) is 2.65. The van der Waals surface area contributed by atoms with E-state index in [1.54, 1.807) is 18.2 Å². The number of carboxylic acids is 1. The van der Waals surface area contributed by atoms with Gasteiger partial charge in [0, 0.05) is 17.6 Å². The van der Waals surface area contributed by atoms with E-state index in [4.69, 9.17) is 9.84 Å². The van der Waals surface area contributed by atoms with Crippen molar-refractivity contribution in [1.82, 2.24) is 9.80 Å². The van der Waals surface area contributed by atoms with E-state index in [1.165, 1.54) is 4.90 Å². The Labute approximate surface area is 132 Å². The van der Waals surface area contributed by atoms with Gasteiger partial charge < -0.3 is 19.6 Å². The van der Waals surface area contributed by atoms with E-state index < -0.39 is 5.97 Å². The molecule has 7 heteroatoms. The maximum absolute atomic E-state index is 12.1. The van der Waals surface area contributed by atoms with Crippen LogP contribution in [-0.2, 0) is 9.59 Å². The van der Waals surface area contributed by atoms with Gasteiger partial charge in [0.2, 0.25) is 0 Å². The van der Waals surface area contributed by atoms with E-state index in [-0.39, 0.29) is 19.1 Å². The van der Waals surface area contributed by atoms with Crippen molar-refractivity contribution in [3.63, 3.8) is 0 Å². The highest BCUT2D eigenvalue weighted by atomic mass is 79.9. The van der Waals surface area contributed by atoms with Crippen LogP contribution < -0.4 is 4.74 Å². The minimum atomic E-state index is -1.04. The molecule has 0 aliphatic carbocycles. The van der Waals surface area contributed by atoms with Gasteiger partial charge in [-0.25, -0.2) is 0 Å². The second-order valence-electron chi connectivity index (χ2n) is 4.76. The third-order valence-corrected chi connectivity index (χ3v) is 3.15. The highest BCUT2D eigenvalue weighted by Crippen LogP contribution is 2.17. The molecular weight excluding hydrogens is 340 g/mol. The van der Waals surface area contributed by atoms with Crippen molar-refractivity contribution < 1.29 is 19.4 Å². The van der Waals surface area contributed by atoms with E-state index in [9.17, 15) is 9.59 Å². The lowest BCUT2D eigenvalue weighted by Crippen LogP contribution is -2.42. The van der Waals surface area contributed by atoms with Gasteiger partial charge in [-0.05, 0) is 32.3 Å². The number of aliphatic carboxylic acids is 1. The molecule has 1 aromatic rings. The van der Waals surface area contributed by atoms with E-state index in [2.05, 4.69) is 15.9 Å². The van der Waals surface area contributed by atoms with E-state index >= 15 is 0 Å². The number of rotatable bonds is 8. The second-order valence-corrected chi connectivity index (χ2v) is 5.67. The summed E-state index contributed by atoms with van der Waals surface area (Å²) in [6.07, 6.45) is 0. The fourth-order valence-electron chi connectivity index (χ4n) is 1.57. The molecule has 116 valence electrons. The molecule has 0 saturated heterocycles. The third kappa shape index (κ3) is 7.10. The molecule has 1 aromatic carbocycles. The topological polar surface area (TPSA) is 70.1 Å². The highest BCUT2D eigenvalue weighted by Gasteiger charge is 2.17. The Morgan fingerprint density at radius 2 is 2.00 bits per heavy atom. The zero-order valence-corrected chi connectivity index (χ0v) is 13.7. The minimum absolute atomic E-state index is 0.183. The van der Waals surface area contributed by atoms with Crippen molar-refractivity contribution in [2.24, 2.45) is 0 Å². The number of carbonyl (C=O) groups excluding carboxylic acids is 1. The number of hydrogen-bond acceptors (Lipinski definition) is 4. The molecule has 1 amide bonds. The summed E-state index contributed by atoms with van der Waals surface area (Å²) in [5.41, 5.74) is 0. The Morgan fingerprint density at radius 1 is 1.29 bits per heavy atom. The number of halogens is 1. The monoisotopic (exact) mass is 358 g/mol. The number of amides is 1. The summed E-state index contributed by atoms with van der Waals surface area (Å²) >= 11 is 3.31. The lowest BCUT2D eigenvalue weighted by atomic mass is 10.3. The van der Waals surface area contributed by atoms with Crippen LogP contribution in [0.15, 0.2) is 28.7 Å². The van der Waals surface area contributed by atoms with E-state index in [0.29, 0.717) is 18.8 Å². The van der Waals surface area contributed by atoms with Crippen LogP contribution in [0.3, 0.4) is 0 Å². The number of ether oxygens (including phenoxy) is 1. The van der Waals surface area contributed by atoms with Gasteiger partial charge in [-0.15, -0.1) is 0 Å². The van der Waals surface area contributed by atoms with Gasteiger partial charge in [0.25, 0.3) is 5.91 Å². The average Bonchev–Trinajstić information content (AvgIpc) is 2.40. The number of carbonyl (C=O) groups is 2. The van der Waals surface area contributed by atoms with Crippen molar-refractivity contribution in [3.05, 3.63) is 28.7 Å². The normalized spacial score (nSPS) is 10.5. The highest BCUT2D eigenvalue weighted by molar-refractivity contribution is 9.10. The van der Waals surface area contributed by atoms with Gasteiger partial charge in [-0.3, -0.25) is 9.59 Å². The number of nitrogens with zero attached hydrogens (tertiary/aromatic N) is 2. The molecule has 0 heterocycles. The maximum atomic E-state index is 12.1. The van der Waals surface area contributed by atoms with Gasteiger partial charge in [-0.1, -0.05) is 22.0 Å². The first kappa shape index (κ1) is 17.5. The molecule has 0 aliphatic heterocycles. The van der Waals surface area contributed by atoms with Crippen molar-refractivity contribution >= 4 is 27.8 Å². The second kappa shape index (κ2) is 8.63. The van der Waals surface area contributed by atoms with Crippen molar-refractivity contribution in [2.75, 3.05) is 40.3 Å². The molecule has 0 radical (unpaired) electrons. The molecule has 0 unspecified atom stereocenters. The predicted molar refractivity (Wildman–Crippen MR) is 82.4 cm³/mol. The molecule has 0 bridgehead atoms. The first-order chi connectivity index (χ1) is 9.88. The minimum Gasteiger partial charge on any atom is -0.484 e. The van der Waals surface area contributed by atoms with E-state index in [1.807, 2.05) is 25.1 Å². The largest absolute Gasteiger partial charge is 0.484 e. The zero-order chi connectivity index (χ0) is 15.8. The Hall–Kier alpha value is -1.60. The molecule has 1 N–H and O–H groups in total. The lowest BCUT2D eigenvalue weighted by Gasteiger charge is -2.22. The standard InChI is InChI=1S/C14H19BrN2O4/c1-16(2)6-7-17(9-14(19)20)13(18)10-21-12-5-3-4-11(15)8-12/h3-5,8H,6-7,9-10H2,1-2H3,(H,19,20). The molecule has 0 aromatic heterocycles. The molecule has 0 atom stereocenters. The number of benzene rings is 1. The summed E-state index contributed by atoms with van der Waals surface area (Å²) in [5.74, 6) is -0.829. The quantitative estimate of drug-likeness (QED) is 0.758. The smallest absolute Gasteiger partial charge is 0.323 e. The summed E-state index contributed by atoms with van der Waals surface area (Å²) in [5, 5.41) is 8.87. The van der Waals surface area contributed by atoms with Crippen LogP contribution in [0.1, 0.15) is 0 Å². The van der Waals surface area contributed by atoms with Crippen molar-refractivity contribution in [1.29, 1.82) is 0 Å². The van der Waals surface area contributed by atoms with Crippen LogP contribution in [0.4, 0.5) is 0 Å². The Morgan fingerprint density at radius 3 is 2.57 bits per heavy atom.